The molecule has 106 valence electrons. The molecule has 2 aromatic rings. The molecule has 0 bridgehead atoms. The molecule has 0 aliphatic carbocycles. The van der Waals surface area contributed by atoms with E-state index in [1.165, 1.54) is 12.1 Å². The Morgan fingerprint density at radius 1 is 1.20 bits per heavy atom. The molecule has 20 heavy (non-hydrogen) atoms. The maximum absolute atomic E-state index is 12.3. The summed E-state index contributed by atoms with van der Waals surface area (Å²) in [5, 5.41) is 9.55. The van der Waals surface area contributed by atoms with Crippen LogP contribution in [0.5, 0.6) is 0 Å². The van der Waals surface area contributed by atoms with Crippen molar-refractivity contribution in [2.24, 2.45) is 0 Å². The Morgan fingerprint density at radius 3 is 2.60 bits per heavy atom. The van der Waals surface area contributed by atoms with Crippen LogP contribution in [0.2, 0.25) is 5.02 Å². The molecule has 0 aliphatic rings. The molecule has 2 aromatic carbocycles. The summed E-state index contributed by atoms with van der Waals surface area (Å²) in [6.07, 6.45) is 0. The van der Waals surface area contributed by atoms with Crippen molar-refractivity contribution in [3.8, 4) is 0 Å². The van der Waals surface area contributed by atoms with Gasteiger partial charge in [-0.2, -0.15) is 0 Å². The zero-order chi connectivity index (χ0) is 14.8. The first-order valence-corrected chi connectivity index (χ1v) is 7.77. The Kier molecular flexibility index (Phi) is 4.32. The molecule has 0 radical (unpaired) electrons. The molecule has 6 heteroatoms. The van der Waals surface area contributed by atoms with Crippen LogP contribution in [0.15, 0.2) is 47.4 Å². The molecule has 0 heterocycles. The van der Waals surface area contributed by atoms with Gasteiger partial charge in [-0.3, -0.25) is 4.72 Å². The smallest absolute Gasteiger partial charge is 0.262 e. The molecule has 0 saturated carbocycles. The molecule has 0 saturated heterocycles. The highest BCUT2D eigenvalue weighted by Crippen LogP contribution is 2.22. The van der Waals surface area contributed by atoms with Crippen molar-refractivity contribution < 1.29 is 13.5 Å². The lowest BCUT2D eigenvalue weighted by Gasteiger charge is -2.11. The number of nitrogens with one attached hydrogen (secondary N) is 1. The average Bonchev–Trinajstić information content (AvgIpc) is 2.37. The first-order chi connectivity index (χ1) is 9.42. The fourth-order valence-electron chi connectivity index (χ4n) is 1.86. The van der Waals surface area contributed by atoms with Gasteiger partial charge in [0.15, 0.2) is 0 Å². The summed E-state index contributed by atoms with van der Waals surface area (Å²) in [6, 6.07) is 11.2. The molecule has 0 amide bonds. The molecule has 0 spiro atoms. The number of aliphatic hydroxyl groups is 1. The van der Waals surface area contributed by atoms with Gasteiger partial charge in [0.1, 0.15) is 0 Å². The van der Waals surface area contributed by atoms with E-state index in [4.69, 9.17) is 16.7 Å². The summed E-state index contributed by atoms with van der Waals surface area (Å²) in [7, 11) is -3.68. The number of halogens is 1. The Bertz CT molecular complexity index is 729. The summed E-state index contributed by atoms with van der Waals surface area (Å²) in [5.74, 6) is 0. The van der Waals surface area contributed by atoms with Gasteiger partial charge in [-0.15, -0.1) is 0 Å². The van der Waals surface area contributed by atoms with Gasteiger partial charge in [0.25, 0.3) is 10.0 Å². The van der Waals surface area contributed by atoms with E-state index in [0.717, 1.165) is 0 Å². The number of benzene rings is 2. The van der Waals surface area contributed by atoms with Crippen molar-refractivity contribution in [1.29, 1.82) is 0 Å². The number of sulfonamides is 1. The average molecular weight is 312 g/mol. The van der Waals surface area contributed by atoms with Gasteiger partial charge in [0.2, 0.25) is 0 Å². The molecule has 4 nitrogen and oxygen atoms in total. The van der Waals surface area contributed by atoms with E-state index in [2.05, 4.69) is 4.72 Å². The summed E-state index contributed by atoms with van der Waals surface area (Å²) in [5.41, 5.74) is 1.62. The SMILES string of the molecule is Cc1cc(Cl)ccc1S(=O)(=O)Nc1cccc(CO)c1. The van der Waals surface area contributed by atoms with Crippen LogP contribution in [-0.2, 0) is 16.6 Å². The van der Waals surface area contributed by atoms with Gasteiger partial charge in [-0.05, 0) is 48.4 Å². The minimum atomic E-state index is -3.68. The van der Waals surface area contributed by atoms with Gasteiger partial charge in [0, 0.05) is 10.7 Å². The molecule has 2 N–H and O–H groups in total. The summed E-state index contributed by atoms with van der Waals surface area (Å²) >= 11 is 5.82. The lowest BCUT2D eigenvalue weighted by Crippen LogP contribution is -2.14. The Morgan fingerprint density at radius 2 is 1.95 bits per heavy atom. The lowest BCUT2D eigenvalue weighted by molar-refractivity contribution is 0.282. The maximum atomic E-state index is 12.3. The van der Waals surface area contributed by atoms with Crippen LogP contribution in [0.3, 0.4) is 0 Å². The maximum Gasteiger partial charge on any atom is 0.262 e. The van der Waals surface area contributed by atoms with Crippen molar-refractivity contribution >= 4 is 27.3 Å². The number of aliphatic hydroxyl groups excluding tert-OH is 1. The summed E-state index contributed by atoms with van der Waals surface area (Å²) < 4.78 is 27.1. The van der Waals surface area contributed by atoms with Gasteiger partial charge in [-0.25, -0.2) is 8.42 Å². The largest absolute Gasteiger partial charge is 0.392 e. The standard InChI is InChI=1S/C14H14ClNO3S/c1-10-7-12(15)5-6-14(10)20(18,19)16-13-4-2-3-11(8-13)9-17/h2-8,16-17H,9H2,1H3. The van der Waals surface area contributed by atoms with Crippen LogP contribution in [-0.4, -0.2) is 13.5 Å². The second-order valence-electron chi connectivity index (χ2n) is 4.37. The van der Waals surface area contributed by atoms with Gasteiger partial charge < -0.3 is 5.11 Å². The van der Waals surface area contributed by atoms with Crippen molar-refractivity contribution in [1.82, 2.24) is 0 Å². The van der Waals surface area contributed by atoms with E-state index in [0.29, 0.717) is 21.8 Å². The minimum Gasteiger partial charge on any atom is -0.392 e. The minimum absolute atomic E-state index is 0.143. The highest BCUT2D eigenvalue weighted by molar-refractivity contribution is 7.92. The molecule has 0 fully saturated rings. The number of anilines is 1. The van der Waals surface area contributed by atoms with Crippen LogP contribution >= 0.6 is 11.6 Å². The molecule has 0 aromatic heterocycles. The van der Waals surface area contributed by atoms with E-state index < -0.39 is 10.0 Å². The molecular formula is C14H14ClNO3S. The van der Waals surface area contributed by atoms with Gasteiger partial charge >= 0.3 is 0 Å². The van der Waals surface area contributed by atoms with Crippen molar-refractivity contribution in [3.63, 3.8) is 0 Å². The molecular weight excluding hydrogens is 298 g/mol. The first-order valence-electron chi connectivity index (χ1n) is 5.91. The van der Waals surface area contributed by atoms with Crippen LogP contribution in [0.1, 0.15) is 11.1 Å². The summed E-state index contributed by atoms with van der Waals surface area (Å²) in [4.78, 5) is 0.177. The van der Waals surface area contributed by atoms with E-state index in [9.17, 15) is 8.42 Å². The van der Waals surface area contributed by atoms with E-state index in [1.54, 1.807) is 37.3 Å². The van der Waals surface area contributed by atoms with Crippen molar-refractivity contribution in [2.75, 3.05) is 4.72 Å². The zero-order valence-corrected chi connectivity index (χ0v) is 12.4. The Labute approximate surface area is 123 Å². The highest BCUT2D eigenvalue weighted by atomic mass is 35.5. The van der Waals surface area contributed by atoms with E-state index in [1.807, 2.05) is 0 Å². The van der Waals surface area contributed by atoms with E-state index >= 15 is 0 Å². The predicted molar refractivity (Wildman–Crippen MR) is 79.4 cm³/mol. The molecule has 0 atom stereocenters. The number of aryl methyl sites for hydroxylation is 1. The third kappa shape index (κ3) is 3.30. The van der Waals surface area contributed by atoms with Gasteiger partial charge in [-0.1, -0.05) is 23.7 Å². The van der Waals surface area contributed by atoms with Crippen LogP contribution in [0, 0.1) is 6.92 Å². The third-order valence-electron chi connectivity index (χ3n) is 2.79. The normalized spacial score (nSPS) is 11.3. The highest BCUT2D eigenvalue weighted by Gasteiger charge is 2.17. The Hall–Kier alpha value is -1.56. The van der Waals surface area contributed by atoms with Crippen LogP contribution in [0.25, 0.3) is 0 Å². The van der Waals surface area contributed by atoms with E-state index in [-0.39, 0.29) is 11.5 Å². The molecule has 0 unspecified atom stereocenters. The second kappa shape index (κ2) is 5.83. The second-order valence-corrected chi connectivity index (χ2v) is 6.46. The van der Waals surface area contributed by atoms with Crippen molar-refractivity contribution in [3.05, 3.63) is 58.6 Å². The van der Waals surface area contributed by atoms with Gasteiger partial charge in [0.05, 0.1) is 11.5 Å². The Balaban J connectivity index is 2.35. The number of hydrogen-bond acceptors (Lipinski definition) is 3. The molecule has 0 aliphatic heterocycles. The van der Waals surface area contributed by atoms with Crippen LogP contribution in [0.4, 0.5) is 5.69 Å². The zero-order valence-electron chi connectivity index (χ0n) is 10.8. The number of hydrogen-bond donors (Lipinski definition) is 2. The molecule has 2 rings (SSSR count). The summed E-state index contributed by atoms with van der Waals surface area (Å²) in [6.45, 7) is 1.54. The lowest BCUT2D eigenvalue weighted by atomic mass is 10.2. The number of rotatable bonds is 4. The quantitative estimate of drug-likeness (QED) is 0.912. The van der Waals surface area contributed by atoms with Crippen molar-refractivity contribution in [2.45, 2.75) is 18.4 Å². The fraction of sp³-hybridized carbons (Fsp3) is 0.143. The monoisotopic (exact) mass is 311 g/mol. The topological polar surface area (TPSA) is 66.4 Å². The first kappa shape index (κ1) is 14.8. The predicted octanol–water partition coefficient (Wildman–Crippen LogP) is 2.94. The fourth-order valence-corrected chi connectivity index (χ4v) is 3.36. The third-order valence-corrected chi connectivity index (χ3v) is 4.56. The van der Waals surface area contributed by atoms with Crippen LogP contribution < -0.4 is 4.72 Å².